The predicted molar refractivity (Wildman–Crippen MR) is 57.6 cm³/mol. The maximum atomic E-state index is 11.9. The van der Waals surface area contributed by atoms with Gasteiger partial charge in [0.2, 0.25) is 5.88 Å². The molecule has 7 heteroatoms. The molecular formula is C10H11N5O2. The lowest BCUT2D eigenvalue weighted by Gasteiger charge is -2.00. The Hall–Kier alpha value is -2.31. The van der Waals surface area contributed by atoms with Crippen molar-refractivity contribution in [3.05, 3.63) is 30.0 Å². The fourth-order valence-electron chi connectivity index (χ4n) is 1.33. The lowest BCUT2D eigenvalue weighted by Crippen LogP contribution is -2.07. The van der Waals surface area contributed by atoms with E-state index < -0.39 is 0 Å². The van der Waals surface area contributed by atoms with Crippen LogP contribution in [0.5, 0.6) is 5.88 Å². The Balaban J connectivity index is 2.14. The van der Waals surface area contributed by atoms with Crippen LogP contribution in [0.1, 0.15) is 16.2 Å². The summed E-state index contributed by atoms with van der Waals surface area (Å²) in [5.41, 5.74) is 0.914. The van der Waals surface area contributed by atoms with E-state index in [1.807, 2.05) is 0 Å². The van der Waals surface area contributed by atoms with E-state index in [4.69, 9.17) is 4.74 Å². The number of carbonyl (C=O) groups excluding carboxylic acids is 1. The predicted octanol–water partition coefficient (Wildman–Crippen LogP) is 0.0391. The lowest BCUT2D eigenvalue weighted by atomic mass is 10.2. The molecule has 0 saturated heterocycles. The van der Waals surface area contributed by atoms with Crippen LogP contribution >= 0.6 is 0 Å². The molecule has 0 saturated carbocycles. The zero-order valence-corrected chi connectivity index (χ0v) is 9.49. The maximum absolute atomic E-state index is 11.9. The fraction of sp³-hybridized carbons (Fsp3) is 0.300. The van der Waals surface area contributed by atoms with Gasteiger partial charge in [0.25, 0.3) is 0 Å². The Bertz CT molecular complexity index is 537. The third-order valence-electron chi connectivity index (χ3n) is 2.13. The van der Waals surface area contributed by atoms with E-state index >= 15 is 0 Å². The van der Waals surface area contributed by atoms with Crippen molar-refractivity contribution in [3.8, 4) is 5.88 Å². The van der Waals surface area contributed by atoms with Crippen LogP contribution in [-0.2, 0) is 13.5 Å². The summed E-state index contributed by atoms with van der Waals surface area (Å²) in [6, 6.07) is 1.50. The number of nitrogens with zero attached hydrogens (tertiary/aromatic N) is 5. The first-order valence-corrected chi connectivity index (χ1v) is 4.93. The van der Waals surface area contributed by atoms with E-state index in [2.05, 4.69) is 20.3 Å². The monoisotopic (exact) mass is 233 g/mol. The Labute approximate surface area is 97.5 Å². The number of ketones is 1. The van der Waals surface area contributed by atoms with Crippen molar-refractivity contribution in [3.63, 3.8) is 0 Å². The summed E-state index contributed by atoms with van der Waals surface area (Å²) in [6.45, 7) is 0. The second-order valence-electron chi connectivity index (χ2n) is 3.43. The molecule has 0 radical (unpaired) electrons. The Morgan fingerprint density at radius 3 is 2.94 bits per heavy atom. The Morgan fingerprint density at radius 1 is 1.47 bits per heavy atom. The van der Waals surface area contributed by atoms with E-state index in [1.165, 1.54) is 19.5 Å². The van der Waals surface area contributed by atoms with Crippen molar-refractivity contribution in [2.24, 2.45) is 7.05 Å². The first-order valence-electron chi connectivity index (χ1n) is 4.93. The molecule has 0 N–H and O–H groups in total. The van der Waals surface area contributed by atoms with Crippen LogP contribution in [-0.4, -0.2) is 37.9 Å². The number of rotatable bonds is 4. The molecule has 0 aliphatic rings. The minimum atomic E-state index is -0.147. The summed E-state index contributed by atoms with van der Waals surface area (Å²) in [4.78, 5) is 19.6. The molecule has 2 aromatic heterocycles. The summed E-state index contributed by atoms with van der Waals surface area (Å²) in [6.07, 6.45) is 3.15. The fourth-order valence-corrected chi connectivity index (χ4v) is 1.33. The number of carbonyl (C=O) groups is 1. The first-order chi connectivity index (χ1) is 8.19. The average Bonchev–Trinajstić information content (AvgIpc) is 2.75. The van der Waals surface area contributed by atoms with Gasteiger partial charge in [-0.15, -0.1) is 5.10 Å². The van der Waals surface area contributed by atoms with Gasteiger partial charge in [-0.25, -0.2) is 9.97 Å². The molecule has 2 heterocycles. The normalized spacial score (nSPS) is 10.2. The van der Waals surface area contributed by atoms with Crippen LogP contribution in [0.15, 0.2) is 18.6 Å². The van der Waals surface area contributed by atoms with Crippen LogP contribution in [0, 0.1) is 0 Å². The molecule has 0 aliphatic carbocycles. The minimum Gasteiger partial charge on any atom is -0.481 e. The van der Waals surface area contributed by atoms with Gasteiger partial charge in [0.1, 0.15) is 12.0 Å². The van der Waals surface area contributed by atoms with E-state index in [-0.39, 0.29) is 12.2 Å². The van der Waals surface area contributed by atoms with Crippen molar-refractivity contribution in [1.82, 2.24) is 25.0 Å². The average molecular weight is 233 g/mol. The zero-order chi connectivity index (χ0) is 12.3. The van der Waals surface area contributed by atoms with Crippen LogP contribution in [0.4, 0.5) is 0 Å². The molecule has 7 nitrogen and oxygen atoms in total. The van der Waals surface area contributed by atoms with E-state index in [1.54, 1.807) is 17.9 Å². The third kappa shape index (κ3) is 2.63. The summed E-state index contributed by atoms with van der Waals surface area (Å²) >= 11 is 0. The first kappa shape index (κ1) is 11.2. The van der Waals surface area contributed by atoms with Crippen molar-refractivity contribution in [2.75, 3.05) is 7.11 Å². The van der Waals surface area contributed by atoms with Gasteiger partial charge in [-0.05, 0) is 0 Å². The zero-order valence-electron chi connectivity index (χ0n) is 9.49. The summed E-state index contributed by atoms with van der Waals surface area (Å²) in [7, 11) is 3.23. The van der Waals surface area contributed by atoms with Gasteiger partial charge in [0.05, 0.1) is 19.2 Å². The van der Waals surface area contributed by atoms with E-state index in [9.17, 15) is 4.79 Å². The number of hydrogen-bond acceptors (Lipinski definition) is 6. The minimum absolute atomic E-state index is 0.147. The number of Topliss-reactive ketones (excluding diaryl/α,β-unsaturated/α-hetero) is 1. The largest absolute Gasteiger partial charge is 0.481 e. The van der Waals surface area contributed by atoms with Crippen molar-refractivity contribution >= 4 is 5.78 Å². The highest BCUT2D eigenvalue weighted by Crippen LogP contribution is 2.08. The molecule has 0 aromatic carbocycles. The molecule has 0 aliphatic heterocycles. The Morgan fingerprint density at radius 2 is 2.29 bits per heavy atom. The number of hydrogen-bond donors (Lipinski definition) is 0. The number of aryl methyl sites for hydroxylation is 1. The number of aromatic nitrogens is 5. The quantitative estimate of drug-likeness (QED) is 0.693. The van der Waals surface area contributed by atoms with Gasteiger partial charge in [-0.1, -0.05) is 5.21 Å². The SMILES string of the molecule is COc1cc(C(=O)Cc2cn(C)nn2)ncn1. The molecular weight excluding hydrogens is 222 g/mol. The van der Waals surface area contributed by atoms with Crippen LogP contribution in [0.3, 0.4) is 0 Å². The van der Waals surface area contributed by atoms with Gasteiger partial charge < -0.3 is 4.74 Å². The maximum Gasteiger partial charge on any atom is 0.216 e. The lowest BCUT2D eigenvalue weighted by molar-refractivity contribution is 0.0986. The van der Waals surface area contributed by atoms with Gasteiger partial charge in [-0.2, -0.15) is 0 Å². The third-order valence-corrected chi connectivity index (χ3v) is 2.13. The second kappa shape index (κ2) is 4.69. The van der Waals surface area contributed by atoms with E-state index in [0.29, 0.717) is 17.3 Å². The molecule has 2 aromatic rings. The molecule has 0 spiro atoms. The van der Waals surface area contributed by atoms with E-state index in [0.717, 1.165) is 0 Å². The molecule has 0 amide bonds. The number of methoxy groups -OCH3 is 1. The van der Waals surface area contributed by atoms with Gasteiger partial charge in [-0.3, -0.25) is 9.48 Å². The second-order valence-corrected chi connectivity index (χ2v) is 3.43. The van der Waals surface area contributed by atoms with Crippen LogP contribution < -0.4 is 4.74 Å². The van der Waals surface area contributed by atoms with Gasteiger partial charge >= 0.3 is 0 Å². The summed E-state index contributed by atoms with van der Waals surface area (Å²) in [5, 5.41) is 7.60. The van der Waals surface area contributed by atoms with Gasteiger partial charge in [0.15, 0.2) is 5.78 Å². The highest BCUT2D eigenvalue weighted by atomic mass is 16.5. The molecule has 0 atom stereocenters. The Kier molecular flexibility index (Phi) is 3.08. The highest BCUT2D eigenvalue weighted by Gasteiger charge is 2.12. The van der Waals surface area contributed by atoms with Crippen LogP contribution in [0.2, 0.25) is 0 Å². The standard InChI is InChI=1S/C10H11N5O2/c1-15-5-7(13-14-15)3-9(16)8-4-10(17-2)12-6-11-8/h4-6H,3H2,1-2H3. The topological polar surface area (TPSA) is 82.8 Å². The molecule has 2 rings (SSSR count). The molecule has 17 heavy (non-hydrogen) atoms. The van der Waals surface area contributed by atoms with Crippen molar-refractivity contribution in [1.29, 1.82) is 0 Å². The summed E-state index contributed by atoms with van der Waals surface area (Å²) < 4.78 is 6.47. The summed E-state index contributed by atoms with van der Waals surface area (Å²) in [5.74, 6) is 0.216. The smallest absolute Gasteiger partial charge is 0.216 e. The molecule has 0 bridgehead atoms. The number of ether oxygens (including phenoxy) is 1. The molecule has 88 valence electrons. The molecule has 0 unspecified atom stereocenters. The molecule has 0 fully saturated rings. The highest BCUT2D eigenvalue weighted by molar-refractivity contribution is 5.95. The van der Waals surface area contributed by atoms with Gasteiger partial charge in [0, 0.05) is 19.3 Å². The van der Waals surface area contributed by atoms with Crippen molar-refractivity contribution in [2.45, 2.75) is 6.42 Å². The van der Waals surface area contributed by atoms with Crippen LogP contribution in [0.25, 0.3) is 0 Å². The van der Waals surface area contributed by atoms with Crippen molar-refractivity contribution < 1.29 is 9.53 Å².